The van der Waals surface area contributed by atoms with Crippen molar-refractivity contribution < 1.29 is 27.4 Å². The molecule has 1 unspecified atom stereocenters. The van der Waals surface area contributed by atoms with E-state index in [0.29, 0.717) is 5.56 Å². The summed E-state index contributed by atoms with van der Waals surface area (Å²) in [5.74, 6) is -2.22. The molecule has 6 nitrogen and oxygen atoms in total. The van der Waals surface area contributed by atoms with Gasteiger partial charge in [0.2, 0.25) is 10.0 Å². The monoisotopic (exact) mass is 303 g/mol. The lowest BCUT2D eigenvalue weighted by Crippen LogP contribution is -2.52. The van der Waals surface area contributed by atoms with Gasteiger partial charge in [0, 0.05) is 6.54 Å². The summed E-state index contributed by atoms with van der Waals surface area (Å²) in [6.45, 7) is 1.34. The smallest absolute Gasteiger partial charge is 0.324 e. The number of benzene rings is 1. The van der Waals surface area contributed by atoms with E-state index in [9.17, 15) is 17.6 Å². The highest BCUT2D eigenvalue weighted by Gasteiger charge is 2.39. The largest absolute Gasteiger partial charge is 0.480 e. The summed E-state index contributed by atoms with van der Waals surface area (Å²) in [5, 5.41) is 9.06. The molecule has 110 valence electrons. The number of hydrogen-bond donors (Lipinski definition) is 1. The van der Waals surface area contributed by atoms with Crippen molar-refractivity contribution in [1.82, 2.24) is 4.31 Å². The minimum absolute atomic E-state index is 0.0798. The van der Waals surface area contributed by atoms with E-state index in [2.05, 4.69) is 0 Å². The van der Waals surface area contributed by atoms with Gasteiger partial charge in [0.1, 0.15) is 16.8 Å². The highest BCUT2D eigenvalue weighted by Crippen LogP contribution is 2.24. The number of nitrogens with zero attached hydrogens (tertiary/aromatic N) is 1. The number of ether oxygens (including phenoxy) is 1. The van der Waals surface area contributed by atoms with Crippen LogP contribution in [0, 0.1) is 12.7 Å². The summed E-state index contributed by atoms with van der Waals surface area (Å²) >= 11 is 0. The number of carboxylic acid groups (broad SMARTS) is 1. The van der Waals surface area contributed by atoms with Crippen LogP contribution in [0.2, 0.25) is 0 Å². The van der Waals surface area contributed by atoms with E-state index in [4.69, 9.17) is 9.84 Å². The summed E-state index contributed by atoms with van der Waals surface area (Å²) in [4.78, 5) is 10.6. The molecule has 0 bridgehead atoms. The van der Waals surface area contributed by atoms with E-state index in [1.165, 1.54) is 12.1 Å². The Balaban J connectivity index is 2.47. The van der Waals surface area contributed by atoms with Crippen LogP contribution in [0.25, 0.3) is 0 Å². The Kier molecular flexibility index (Phi) is 4.07. The van der Waals surface area contributed by atoms with Crippen LogP contribution in [-0.2, 0) is 19.6 Å². The lowest BCUT2D eigenvalue weighted by Gasteiger charge is -2.31. The van der Waals surface area contributed by atoms with Gasteiger partial charge in [0.15, 0.2) is 0 Å². The molecule has 1 fully saturated rings. The van der Waals surface area contributed by atoms with Crippen molar-refractivity contribution >= 4 is 16.0 Å². The molecule has 1 aliphatic heterocycles. The topological polar surface area (TPSA) is 83.9 Å². The van der Waals surface area contributed by atoms with Crippen molar-refractivity contribution in [3.8, 4) is 0 Å². The first-order valence-corrected chi connectivity index (χ1v) is 7.36. The number of morpholine rings is 1. The molecule has 1 aromatic rings. The standard InChI is InChI=1S/C12H14FNO5S/c1-8-2-3-9(13)11(6-8)20(17,18)14-4-5-19-7-10(14)12(15)16/h2-3,6,10H,4-5,7H2,1H3,(H,15,16). The fourth-order valence-electron chi connectivity index (χ4n) is 2.01. The van der Waals surface area contributed by atoms with Crippen molar-refractivity contribution in [2.45, 2.75) is 17.9 Å². The second-order valence-corrected chi connectivity index (χ2v) is 6.34. The van der Waals surface area contributed by atoms with E-state index in [1.54, 1.807) is 6.92 Å². The number of halogens is 1. The third kappa shape index (κ3) is 2.67. The number of hydrogen-bond acceptors (Lipinski definition) is 4. The van der Waals surface area contributed by atoms with Crippen molar-refractivity contribution in [1.29, 1.82) is 0 Å². The molecule has 1 atom stereocenters. The lowest BCUT2D eigenvalue weighted by atomic mass is 10.2. The number of carboxylic acids is 1. The quantitative estimate of drug-likeness (QED) is 0.884. The maximum Gasteiger partial charge on any atom is 0.324 e. The molecule has 0 aliphatic carbocycles. The van der Waals surface area contributed by atoms with E-state index in [-0.39, 0.29) is 19.8 Å². The molecule has 1 N–H and O–H groups in total. The number of carbonyl (C=O) groups is 1. The molecule has 1 heterocycles. The first-order valence-electron chi connectivity index (χ1n) is 5.92. The van der Waals surface area contributed by atoms with E-state index >= 15 is 0 Å². The van der Waals surface area contributed by atoms with Gasteiger partial charge in [-0.25, -0.2) is 12.8 Å². The number of rotatable bonds is 3. The summed E-state index contributed by atoms with van der Waals surface area (Å²) in [7, 11) is -4.21. The molecule has 20 heavy (non-hydrogen) atoms. The van der Waals surface area contributed by atoms with Gasteiger partial charge >= 0.3 is 5.97 Å². The molecule has 0 radical (unpaired) electrons. The third-order valence-electron chi connectivity index (χ3n) is 3.04. The second-order valence-electron chi connectivity index (χ2n) is 4.48. The molecular formula is C12H14FNO5S. The van der Waals surface area contributed by atoms with Crippen LogP contribution in [-0.4, -0.2) is 49.6 Å². The van der Waals surface area contributed by atoms with Gasteiger partial charge in [-0.1, -0.05) is 6.07 Å². The number of aryl methyl sites for hydroxylation is 1. The van der Waals surface area contributed by atoms with Crippen LogP contribution < -0.4 is 0 Å². The van der Waals surface area contributed by atoms with Crippen LogP contribution in [0.15, 0.2) is 23.1 Å². The highest BCUT2D eigenvalue weighted by atomic mass is 32.2. The molecule has 8 heteroatoms. The Morgan fingerprint density at radius 2 is 2.20 bits per heavy atom. The predicted molar refractivity (Wildman–Crippen MR) is 67.3 cm³/mol. The van der Waals surface area contributed by atoms with Crippen LogP contribution in [0.5, 0.6) is 0 Å². The molecule has 0 saturated carbocycles. The van der Waals surface area contributed by atoms with Gasteiger partial charge < -0.3 is 9.84 Å². The Labute approximate surface area is 115 Å². The van der Waals surface area contributed by atoms with Gasteiger partial charge in [-0.05, 0) is 24.6 Å². The molecule has 0 spiro atoms. The van der Waals surface area contributed by atoms with Crippen LogP contribution in [0.4, 0.5) is 4.39 Å². The molecule has 1 saturated heterocycles. The lowest BCUT2D eigenvalue weighted by molar-refractivity contribution is -0.146. The molecule has 0 amide bonds. The average molecular weight is 303 g/mol. The highest BCUT2D eigenvalue weighted by molar-refractivity contribution is 7.89. The first kappa shape index (κ1) is 14.9. The average Bonchev–Trinajstić information content (AvgIpc) is 2.41. The molecule has 1 aromatic carbocycles. The van der Waals surface area contributed by atoms with Gasteiger partial charge in [0.05, 0.1) is 13.2 Å². The number of sulfonamides is 1. The predicted octanol–water partition coefficient (Wildman–Crippen LogP) is 0.608. The van der Waals surface area contributed by atoms with Crippen molar-refractivity contribution in [3.05, 3.63) is 29.6 Å². The first-order chi connectivity index (χ1) is 9.34. The van der Waals surface area contributed by atoms with Crippen LogP contribution in [0.1, 0.15) is 5.56 Å². The minimum atomic E-state index is -4.21. The third-order valence-corrected chi connectivity index (χ3v) is 4.96. The van der Waals surface area contributed by atoms with Crippen molar-refractivity contribution in [2.75, 3.05) is 19.8 Å². The second kappa shape index (κ2) is 5.47. The fourth-order valence-corrected chi connectivity index (χ4v) is 3.71. The SMILES string of the molecule is Cc1ccc(F)c(S(=O)(=O)N2CCOCC2C(=O)O)c1. The zero-order valence-electron chi connectivity index (χ0n) is 10.7. The molecule has 2 rings (SSSR count). The Bertz CT molecular complexity index is 631. The fraction of sp³-hybridized carbons (Fsp3) is 0.417. The summed E-state index contributed by atoms with van der Waals surface area (Å²) < 4.78 is 44.4. The van der Waals surface area contributed by atoms with Gasteiger partial charge in [-0.2, -0.15) is 4.31 Å². The van der Waals surface area contributed by atoms with Crippen molar-refractivity contribution in [2.24, 2.45) is 0 Å². The van der Waals surface area contributed by atoms with Crippen molar-refractivity contribution in [3.63, 3.8) is 0 Å². The summed E-state index contributed by atoms with van der Waals surface area (Å²) in [6, 6.07) is 2.36. The number of aliphatic carboxylic acids is 1. The normalized spacial score (nSPS) is 20.8. The van der Waals surface area contributed by atoms with Gasteiger partial charge in [-0.3, -0.25) is 4.79 Å². The van der Waals surface area contributed by atoms with E-state index in [1.807, 2.05) is 0 Å². The zero-order chi connectivity index (χ0) is 14.9. The van der Waals surface area contributed by atoms with E-state index in [0.717, 1.165) is 10.4 Å². The van der Waals surface area contributed by atoms with Crippen LogP contribution in [0.3, 0.4) is 0 Å². The molecular weight excluding hydrogens is 289 g/mol. The molecule has 0 aromatic heterocycles. The Morgan fingerprint density at radius 3 is 2.85 bits per heavy atom. The Morgan fingerprint density at radius 1 is 1.50 bits per heavy atom. The maximum absolute atomic E-state index is 13.8. The summed E-state index contributed by atoms with van der Waals surface area (Å²) in [5.41, 5.74) is 0.574. The molecule has 1 aliphatic rings. The zero-order valence-corrected chi connectivity index (χ0v) is 11.6. The van der Waals surface area contributed by atoms with E-state index < -0.39 is 32.7 Å². The van der Waals surface area contributed by atoms with Gasteiger partial charge in [-0.15, -0.1) is 0 Å². The summed E-state index contributed by atoms with van der Waals surface area (Å²) in [6.07, 6.45) is 0. The maximum atomic E-state index is 13.8. The van der Waals surface area contributed by atoms with Gasteiger partial charge in [0.25, 0.3) is 0 Å². The van der Waals surface area contributed by atoms with Crippen LogP contribution >= 0.6 is 0 Å². The Hall–Kier alpha value is -1.51. The minimum Gasteiger partial charge on any atom is -0.480 e.